The minimum absolute atomic E-state index is 0.330. The zero-order chi connectivity index (χ0) is 19.7. The third-order valence-corrected chi connectivity index (χ3v) is 4.33. The zero-order valence-corrected chi connectivity index (χ0v) is 15.6. The molecule has 1 N–H and O–H groups in total. The molecule has 0 bridgehead atoms. The van der Waals surface area contributed by atoms with Crippen LogP contribution in [0.25, 0.3) is 11.4 Å². The van der Waals surface area contributed by atoms with E-state index in [9.17, 15) is 9.18 Å². The Morgan fingerprint density at radius 1 is 1.07 bits per heavy atom. The third kappa shape index (κ3) is 3.65. The zero-order valence-electron chi connectivity index (χ0n) is 14.8. The van der Waals surface area contributed by atoms with Gasteiger partial charge in [-0.15, -0.1) is 0 Å². The fraction of sp³-hybridized carbons (Fsp3) is 0.0500. The summed E-state index contributed by atoms with van der Waals surface area (Å²) in [4.78, 5) is 12.7. The van der Waals surface area contributed by atoms with E-state index in [1.807, 2.05) is 19.1 Å². The van der Waals surface area contributed by atoms with E-state index in [2.05, 4.69) is 15.5 Å². The summed E-state index contributed by atoms with van der Waals surface area (Å²) < 4.78 is 16.3. The van der Waals surface area contributed by atoms with Gasteiger partial charge < -0.3 is 5.32 Å². The number of rotatable bonds is 4. The highest BCUT2D eigenvalue weighted by atomic mass is 35.5. The van der Waals surface area contributed by atoms with Gasteiger partial charge in [0.25, 0.3) is 5.91 Å². The molecular weight excluding hydrogens is 381 g/mol. The molecule has 1 amide bonds. The summed E-state index contributed by atoms with van der Waals surface area (Å²) >= 11 is 5.90. The van der Waals surface area contributed by atoms with E-state index in [0.29, 0.717) is 22.1 Å². The molecule has 0 aliphatic rings. The molecule has 0 unspecified atom stereocenters. The van der Waals surface area contributed by atoms with Gasteiger partial charge >= 0.3 is 0 Å². The highest BCUT2D eigenvalue weighted by Gasteiger charge is 2.14. The summed E-state index contributed by atoms with van der Waals surface area (Å²) in [7, 11) is 0. The van der Waals surface area contributed by atoms with Gasteiger partial charge in [-0.2, -0.15) is 10.2 Å². The molecule has 0 spiro atoms. The first-order valence-electron chi connectivity index (χ1n) is 8.44. The van der Waals surface area contributed by atoms with Crippen molar-refractivity contribution < 1.29 is 9.18 Å². The number of carbonyl (C=O) groups excluding carboxylic acids is 1. The molecule has 28 heavy (non-hydrogen) atoms. The molecule has 2 aromatic carbocycles. The molecule has 0 aliphatic heterocycles. The van der Waals surface area contributed by atoms with Crippen molar-refractivity contribution in [3.63, 3.8) is 0 Å². The van der Waals surface area contributed by atoms with E-state index >= 15 is 0 Å². The van der Waals surface area contributed by atoms with Crippen molar-refractivity contribution in [1.82, 2.24) is 19.6 Å². The number of nitrogens with zero attached hydrogens (tertiary/aromatic N) is 4. The van der Waals surface area contributed by atoms with E-state index in [-0.39, 0.29) is 11.7 Å². The fourth-order valence-electron chi connectivity index (χ4n) is 2.73. The van der Waals surface area contributed by atoms with Gasteiger partial charge in [0.15, 0.2) is 0 Å². The average Bonchev–Trinajstić information content (AvgIpc) is 3.30. The molecule has 4 aromatic rings. The quantitative estimate of drug-likeness (QED) is 0.556. The summed E-state index contributed by atoms with van der Waals surface area (Å²) in [6.45, 7) is 1.81. The molecular formula is C20H15ClFN5O. The first-order valence-corrected chi connectivity index (χ1v) is 8.82. The smallest absolute Gasteiger partial charge is 0.260 e. The molecule has 0 fully saturated rings. The van der Waals surface area contributed by atoms with Gasteiger partial charge in [0, 0.05) is 17.3 Å². The van der Waals surface area contributed by atoms with E-state index in [1.165, 1.54) is 18.3 Å². The topological polar surface area (TPSA) is 64.7 Å². The molecule has 8 heteroatoms. The van der Waals surface area contributed by atoms with Crippen molar-refractivity contribution in [2.75, 3.05) is 5.32 Å². The number of anilines is 1. The van der Waals surface area contributed by atoms with Gasteiger partial charge in [0.05, 0.1) is 28.8 Å². The second-order valence-corrected chi connectivity index (χ2v) is 6.60. The van der Waals surface area contributed by atoms with Crippen LogP contribution in [0.1, 0.15) is 16.1 Å². The molecule has 2 aromatic heterocycles. The Morgan fingerprint density at radius 3 is 2.46 bits per heavy atom. The van der Waals surface area contributed by atoms with Crippen molar-refractivity contribution in [2.45, 2.75) is 6.92 Å². The monoisotopic (exact) mass is 395 g/mol. The summed E-state index contributed by atoms with van der Waals surface area (Å²) in [6.07, 6.45) is 3.11. The maximum Gasteiger partial charge on any atom is 0.260 e. The van der Waals surface area contributed by atoms with Crippen LogP contribution in [0, 0.1) is 12.7 Å². The van der Waals surface area contributed by atoms with Crippen molar-refractivity contribution in [3.8, 4) is 11.4 Å². The maximum atomic E-state index is 13.2. The molecule has 0 radical (unpaired) electrons. The van der Waals surface area contributed by atoms with Crippen LogP contribution in [0.15, 0.2) is 67.0 Å². The molecule has 0 saturated heterocycles. The minimum Gasteiger partial charge on any atom is -0.306 e. The van der Waals surface area contributed by atoms with Crippen LogP contribution < -0.4 is 5.32 Å². The molecule has 0 aliphatic carbocycles. The van der Waals surface area contributed by atoms with Crippen molar-refractivity contribution >= 4 is 23.3 Å². The Bertz CT molecular complexity index is 1130. The lowest BCUT2D eigenvalue weighted by Gasteiger charge is -2.08. The second-order valence-electron chi connectivity index (χ2n) is 6.16. The number of hydrogen-bond donors (Lipinski definition) is 1. The van der Waals surface area contributed by atoms with Gasteiger partial charge in [-0.05, 0) is 55.5 Å². The number of benzene rings is 2. The van der Waals surface area contributed by atoms with E-state index in [1.54, 1.807) is 45.9 Å². The molecule has 0 atom stereocenters. The van der Waals surface area contributed by atoms with Crippen LogP contribution in [-0.4, -0.2) is 25.5 Å². The number of nitrogens with one attached hydrogen (secondary N) is 1. The third-order valence-electron chi connectivity index (χ3n) is 4.08. The van der Waals surface area contributed by atoms with E-state index in [0.717, 1.165) is 11.4 Å². The number of hydrogen-bond acceptors (Lipinski definition) is 3. The van der Waals surface area contributed by atoms with Gasteiger partial charge in [0.1, 0.15) is 11.6 Å². The van der Waals surface area contributed by atoms with Crippen LogP contribution in [0.2, 0.25) is 5.02 Å². The molecule has 0 saturated carbocycles. The normalized spacial score (nSPS) is 10.8. The van der Waals surface area contributed by atoms with Crippen molar-refractivity contribution in [2.24, 2.45) is 0 Å². The number of carbonyl (C=O) groups is 1. The lowest BCUT2D eigenvalue weighted by Crippen LogP contribution is -2.14. The lowest BCUT2D eigenvalue weighted by atomic mass is 10.3. The van der Waals surface area contributed by atoms with Gasteiger partial charge in [0.2, 0.25) is 0 Å². The Hall–Kier alpha value is -3.45. The minimum atomic E-state index is -0.340. The number of aromatic nitrogens is 4. The van der Waals surface area contributed by atoms with E-state index in [4.69, 9.17) is 11.6 Å². The Kier molecular flexibility index (Phi) is 4.67. The lowest BCUT2D eigenvalue weighted by molar-refractivity contribution is 0.102. The first-order chi connectivity index (χ1) is 13.5. The Balaban J connectivity index is 1.58. The van der Waals surface area contributed by atoms with Crippen LogP contribution in [-0.2, 0) is 0 Å². The SMILES string of the molecule is Cc1cc(NC(=O)c2cnn(-c3ccc(Cl)cc3)c2)n(-c2ccc(F)cc2)n1. The van der Waals surface area contributed by atoms with Gasteiger partial charge in [-0.3, -0.25) is 4.79 Å². The average molecular weight is 396 g/mol. The van der Waals surface area contributed by atoms with Crippen molar-refractivity contribution in [1.29, 1.82) is 0 Å². The van der Waals surface area contributed by atoms with Gasteiger partial charge in [-0.1, -0.05) is 11.6 Å². The largest absolute Gasteiger partial charge is 0.306 e. The van der Waals surface area contributed by atoms with Crippen LogP contribution in [0.5, 0.6) is 0 Å². The summed E-state index contributed by atoms with van der Waals surface area (Å²) in [5, 5.41) is 12.0. The summed E-state index contributed by atoms with van der Waals surface area (Å²) in [5.74, 6) is -0.190. The van der Waals surface area contributed by atoms with Crippen LogP contribution >= 0.6 is 11.6 Å². The predicted molar refractivity (Wildman–Crippen MR) is 105 cm³/mol. The second kappa shape index (κ2) is 7.28. The summed E-state index contributed by atoms with van der Waals surface area (Å²) in [6, 6.07) is 14.7. The van der Waals surface area contributed by atoms with Crippen LogP contribution in [0.4, 0.5) is 10.2 Å². The van der Waals surface area contributed by atoms with Crippen LogP contribution in [0.3, 0.4) is 0 Å². The Labute approximate surface area is 165 Å². The van der Waals surface area contributed by atoms with Crippen molar-refractivity contribution in [3.05, 3.63) is 89.1 Å². The van der Waals surface area contributed by atoms with E-state index < -0.39 is 0 Å². The number of aryl methyl sites for hydroxylation is 1. The molecule has 140 valence electrons. The fourth-order valence-corrected chi connectivity index (χ4v) is 2.86. The Morgan fingerprint density at radius 2 is 1.75 bits per heavy atom. The molecule has 4 rings (SSSR count). The number of amides is 1. The highest BCUT2D eigenvalue weighted by molar-refractivity contribution is 6.30. The maximum absolute atomic E-state index is 13.2. The highest BCUT2D eigenvalue weighted by Crippen LogP contribution is 2.19. The predicted octanol–water partition coefficient (Wildman–Crippen LogP) is 4.41. The first kappa shape index (κ1) is 17.9. The summed E-state index contributed by atoms with van der Waals surface area (Å²) in [5.41, 5.74) is 2.54. The number of halogens is 2. The standard InChI is InChI=1S/C20H15ClFN5O/c1-13-10-19(27(25-13)18-8-4-16(22)5-9-18)24-20(28)14-11-23-26(12-14)17-6-2-15(21)3-7-17/h2-12H,1H3,(H,24,28). The van der Waals surface area contributed by atoms with Gasteiger partial charge in [-0.25, -0.2) is 13.8 Å². The molecule has 6 nitrogen and oxygen atoms in total. The molecule has 2 heterocycles.